The maximum Gasteiger partial charge on any atom is 0.293 e. The number of rotatable bonds is 6. The van der Waals surface area contributed by atoms with Crippen molar-refractivity contribution in [1.82, 2.24) is 15.6 Å². The molecule has 4 N–H and O–H groups in total. The van der Waals surface area contributed by atoms with E-state index < -0.39 is 0 Å². The zero-order valence-electron chi connectivity index (χ0n) is 17.8. The highest BCUT2D eigenvalue weighted by Crippen LogP contribution is 2.18. The molecule has 0 spiro atoms. The van der Waals surface area contributed by atoms with Crippen molar-refractivity contribution < 1.29 is 9.53 Å². The second-order valence-electron chi connectivity index (χ2n) is 8.22. The Morgan fingerprint density at radius 1 is 1.24 bits per heavy atom. The van der Waals surface area contributed by atoms with Gasteiger partial charge in [-0.1, -0.05) is 30.3 Å². The SMILES string of the molecule is CC(C)(C)OC=O.Nc1cccc(-c2ccc(CCNC3CCCNC3)cc2)n1. The smallest absolute Gasteiger partial charge is 0.293 e. The number of hydrogen-bond acceptors (Lipinski definition) is 6. The number of nitrogens with zero attached hydrogens (tertiary/aromatic N) is 1. The van der Waals surface area contributed by atoms with Crippen LogP contribution in [0.25, 0.3) is 11.3 Å². The van der Waals surface area contributed by atoms with Gasteiger partial charge in [0.1, 0.15) is 11.4 Å². The number of anilines is 1. The van der Waals surface area contributed by atoms with E-state index in [2.05, 4.69) is 44.6 Å². The van der Waals surface area contributed by atoms with E-state index in [4.69, 9.17) is 5.73 Å². The van der Waals surface area contributed by atoms with E-state index >= 15 is 0 Å². The van der Waals surface area contributed by atoms with Gasteiger partial charge in [-0.15, -0.1) is 0 Å². The summed E-state index contributed by atoms with van der Waals surface area (Å²) >= 11 is 0. The highest BCUT2D eigenvalue weighted by atomic mass is 16.5. The van der Waals surface area contributed by atoms with Gasteiger partial charge in [-0.25, -0.2) is 4.98 Å². The van der Waals surface area contributed by atoms with Gasteiger partial charge in [-0.2, -0.15) is 0 Å². The summed E-state index contributed by atoms with van der Waals surface area (Å²) in [5.41, 5.74) is 8.81. The van der Waals surface area contributed by atoms with Gasteiger partial charge in [0, 0.05) is 18.2 Å². The average molecular weight is 399 g/mol. The van der Waals surface area contributed by atoms with Gasteiger partial charge in [-0.3, -0.25) is 4.79 Å². The molecule has 158 valence electrons. The third-order valence-electron chi connectivity index (χ3n) is 4.57. The first-order chi connectivity index (χ1) is 13.9. The molecule has 0 radical (unpaired) electrons. The number of pyridine rings is 1. The summed E-state index contributed by atoms with van der Waals surface area (Å²) in [6.07, 6.45) is 3.62. The van der Waals surface area contributed by atoms with Crippen LogP contribution in [-0.2, 0) is 16.0 Å². The number of aromatic nitrogens is 1. The Kier molecular flexibility index (Phi) is 9.09. The molecule has 1 atom stereocenters. The number of carbonyl (C=O) groups excluding carboxylic acids is 1. The molecule has 2 heterocycles. The number of nitrogens with two attached hydrogens (primary N) is 1. The van der Waals surface area contributed by atoms with Gasteiger partial charge < -0.3 is 21.1 Å². The molecule has 6 heteroatoms. The number of carbonyl (C=O) groups is 1. The van der Waals surface area contributed by atoms with E-state index in [1.54, 1.807) is 0 Å². The predicted octanol–water partition coefficient (Wildman–Crippen LogP) is 3.17. The van der Waals surface area contributed by atoms with Crippen molar-refractivity contribution in [2.24, 2.45) is 0 Å². The number of benzene rings is 1. The lowest BCUT2D eigenvalue weighted by Gasteiger charge is -2.23. The Labute approximate surface area is 174 Å². The lowest BCUT2D eigenvalue weighted by Crippen LogP contribution is -2.43. The Bertz CT molecular complexity index is 735. The molecule has 3 rings (SSSR count). The van der Waals surface area contributed by atoms with Crippen LogP contribution in [0.1, 0.15) is 39.2 Å². The van der Waals surface area contributed by atoms with E-state index in [1.165, 1.54) is 18.4 Å². The van der Waals surface area contributed by atoms with Gasteiger partial charge in [0.05, 0.1) is 5.69 Å². The fourth-order valence-electron chi connectivity index (χ4n) is 3.05. The molecule has 0 bridgehead atoms. The maximum atomic E-state index is 9.60. The molecule has 0 amide bonds. The minimum atomic E-state index is -0.318. The van der Waals surface area contributed by atoms with Crippen LogP contribution in [0, 0.1) is 0 Å². The molecule has 1 aliphatic rings. The normalized spacial score (nSPS) is 16.4. The van der Waals surface area contributed by atoms with Crippen LogP contribution in [-0.4, -0.2) is 42.7 Å². The first kappa shape index (κ1) is 22.8. The highest BCUT2D eigenvalue weighted by Gasteiger charge is 2.11. The average Bonchev–Trinajstić information content (AvgIpc) is 2.69. The number of ether oxygens (including phenoxy) is 1. The second-order valence-corrected chi connectivity index (χ2v) is 8.22. The molecule has 1 aromatic carbocycles. The molecule has 29 heavy (non-hydrogen) atoms. The largest absolute Gasteiger partial charge is 0.462 e. The van der Waals surface area contributed by atoms with Crippen LogP contribution in [0.2, 0.25) is 0 Å². The van der Waals surface area contributed by atoms with Gasteiger partial charge in [-0.05, 0) is 70.8 Å². The molecule has 6 nitrogen and oxygen atoms in total. The van der Waals surface area contributed by atoms with Gasteiger partial charge in [0.15, 0.2) is 0 Å². The van der Waals surface area contributed by atoms with Crippen molar-refractivity contribution in [3.05, 3.63) is 48.0 Å². The highest BCUT2D eigenvalue weighted by molar-refractivity contribution is 5.61. The summed E-state index contributed by atoms with van der Waals surface area (Å²) in [5, 5.41) is 7.07. The van der Waals surface area contributed by atoms with Crippen LogP contribution in [0.15, 0.2) is 42.5 Å². The Morgan fingerprint density at radius 2 is 2.00 bits per heavy atom. The Balaban J connectivity index is 0.000000370. The fraction of sp³-hybridized carbons (Fsp3) is 0.478. The van der Waals surface area contributed by atoms with E-state index in [1.807, 2.05) is 39.0 Å². The summed E-state index contributed by atoms with van der Waals surface area (Å²) in [6, 6.07) is 15.0. The van der Waals surface area contributed by atoms with Gasteiger partial charge in [0.2, 0.25) is 0 Å². The number of hydrogen-bond donors (Lipinski definition) is 3. The minimum absolute atomic E-state index is 0.318. The van der Waals surface area contributed by atoms with Crippen LogP contribution >= 0.6 is 0 Å². The molecule has 1 aliphatic heterocycles. The monoisotopic (exact) mass is 398 g/mol. The molecule has 1 unspecified atom stereocenters. The molecule has 0 aliphatic carbocycles. The lowest BCUT2D eigenvalue weighted by atomic mass is 10.1. The van der Waals surface area contributed by atoms with Crippen molar-refractivity contribution in [3.8, 4) is 11.3 Å². The van der Waals surface area contributed by atoms with Crippen molar-refractivity contribution in [1.29, 1.82) is 0 Å². The van der Waals surface area contributed by atoms with E-state index in [9.17, 15) is 4.79 Å². The van der Waals surface area contributed by atoms with E-state index in [-0.39, 0.29) is 5.60 Å². The van der Waals surface area contributed by atoms with Crippen LogP contribution in [0.4, 0.5) is 5.82 Å². The van der Waals surface area contributed by atoms with E-state index in [0.717, 1.165) is 37.3 Å². The number of nitrogens with one attached hydrogen (secondary N) is 2. The third kappa shape index (κ3) is 9.07. The summed E-state index contributed by atoms with van der Waals surface area (Å²) < 4.78 is 4.55. The minimum Gasteiger partial charge on any atom is -0.462 e. The first-order valence-corrected chi connectivity index (χ1v) is 10.2. The fourth-order valence-corrected chi connectivity index (χ4v) is 3.05. The zero-order valence-corrected chi connectivity index (χ0v) is 17.8. The quantitative estimate of drug-likeness (QED) is 0.648. The van der Waals surface area contributed by atoms with Crippen molar-refractivity contribution in [2.45, 2.75) is 51.7 Å². The Morgan fingerprint density at radius 3 is 2.55 bits per heavy atom. The van der Waals surface area contributed by atoms with Crippen molar-refractivity contribution in [2.75, 3.05) is 25.4 Å². The van der Waals surface area contributed by atoms with Crippen LogP contribution in [0.5, 0.6) is 0 Å². The lowest BCUT2D eigenvalue weighted by molar-refractivity contribution is -0.138. The molecule has 1 saturated heterocycles. The maximum absolute atomic E-state index is 9.60. The summed E-state index contributed by atoms with van der Waals surface area (Å²) in [4.78, 5) is 14.0. The molecule has 0 saturated carbocycles. The van der Waals surface area contributed by atoms with Gasteiger partial charge >= 0.3 is 0 Å². The standard InChI is InChI=1S/C18H24N4.C5H10O2/c19-18-5-1-4-17(22-18)15-8-6-14(7-9-15)10-12-21-16-3-2-11-20-13-16;1-5(2,3)7-4-6/h1,4-9,16,20-21H,2-3,10-13H2,(H2,19,22);4H,1-3H3. The summed E-state index contributed by atoms with van der Waals surface area (Å²) in [5.74, 6) is 0.562. The predicted molar refractivity (Wildman–Crippen MR) is 119 cm³/mol. The topological polar surface area (TPSA) is 89.3 Å². The molecule has 1 aromatic heterocycles. The van der Waals surface area contributed by atoms with Crippen molar-refractivity contribution >= 4 is 12.3 Å². The number of nitrogen functional groups attached to an aromatic ring is 1. The first-order valence-electron chi connectivity index (χ1n) is 10.2. The van der Waals surface area contributed by atoms with Gasteiger partial charge in [0.25, 0.3) is 6.47 Å². The van der Waals surface area contributed by atoms with Crippen LogP contribution in [0.3, 0.4) is 0 Å². The van der Waals surface area contributed by atoms with Crippen LogP contribution < -0.4 is 16.4 Å². The molecular formula is C23H34N4O2. The molecule has 1 fully saturated rings. The van der Waals surface area contributed by atoms with E-state index in [0.29, 0.717) is 18.3 Å². The molecule has 2 aromatic rings. The number of piperidine rings is 1. The molecular weight excluding hydrogens is 364 g/mol. The second kappa shape index (κ2) is 11.5. The summed E-state index contributed by atoms with van der Waals surface area (Å²) in [7, 11) is 0. The van der Waals surface area contributed by atoms with Crippen molar-refractivity contribution in [3.63, 3.8) is 0 Å². The Hall–Kier alpha value is -2.44. The zero-order chi connectivity index (χ0) is 21.1. The summed E-state index contributed by atoms with van der Waals surface area (Å²) in [6.45, 7) is 9.21. The third-order valence-corrected chi connectivity index (χ3v) is 4.57.